The van der Waals surface area contributed by atoms with E-state index in [4.69, 9.17) is 35.0 Å². The van der Waals surface area contributed by atoms with Crippen molar-refractivity contribution in [1.82, 2.24) is 24.4 Å². The molecule has 47 heavy (non-hydrogen) atoms. The van der Waals surface area contributed by atoms with E-state index in [2.05, 4.69) is 18.4 Å². The number of morpholine rings is 1. The van der Waals surface area contributed by atoms with Crippen LogP contribution in [0.5, 0.6) is 5.88 Å². The summed E-state index contributed by atoms with van der Waals surface area (Å²) in [7, 11) is 0. The third kappa shape index (κ3) is 10.9. The van der Waals surface area contributed by atoms with Gasteiger partial charge in [0.2, 0.25) is 5.82 Å². The van der Waals surface area contributed by atoms with Crippen molar-refractivity contribution in [2.24, 2.45) is 0 Å². The molecule has 1 saturated heterocycles. The van der Waals surface area contributed by atoms with E-state index in [9.17, 15) is 9.59 Å². The molecular weight excluding hydrogens is 640 g/mol. The van der Waals surface area contributed by atoms with Gasteiger partial charge in [-0.1, -0.05) is 24.3 Å². The number of carbonyl (C=O) groups is 2. The van der Waals surface area contributed by atoms with Crippen LogP contribution in [-0.2, 0) is 32.4 Å². The van der Waals surface area contributed by atoms with Crippen molar-refractivity contribution < 1.29 is 54.3 Å². The molecule has 0 saturated carbocycles. The minimum absolute atomic E-state index is 0.0763. The smallest absolute Gasteiger partial charge is 0.338 e. The van der Waals surface area contributed by atoms with Crippen molar-refractivity contribution in [3.63, 3.8) is 0 Å². The summed E-state index contributed by atoms with van der Waals surface area (Å²) in [5, 5.41) is 34.7. The van der Waals surface area contributed by atoms with Crippen molar-refractivity contribution in [3.8, 4) is 5.88 Å². The van der Waals surface area contributed by atoms with Gasteiger partial charge in [-0.3, -0.25) is 25.6 Å². The van der Waals surface area contributed by atoms with Gasteiger partial charge in [0.25, 0.3) is 11.8 Å². The average molecular weight is 679 g/mol. The molecule has 4 N–H and O–H groups in total. The second-order valence-electron chi connectivity index (χ2n) is 11.4. The molecule has 1 amide bonds. The van der Waals surface area contributed by atoms with Gasteiger partial charge in [0.15, 0.2) is 6.10 Å². The summed E-state index contributed by atoms with van der Waals surface area (Å²) >= 11 is 0.983. The lowest BCUT2D eigenvalue weighted by molar-refractivity contribution is -0.497. The van der Waals surface area contributed by atoms with E-state index >= 15 is 0 Å². The van der Waals surface area contributed by atoms with Gasteiger partial charge in [-0.25, -0.2) is 14.5 Å². The minimum atomic E-state index is -0.987. The summed E-state index contributed by atoms with van der Waals surface area (Å²) in [4.78, 5) is 40.2. The first-order valence-corrected chi connectivity index (χ1v) is 15.2. The maximum absolute atomic E-state index is 13.9. The van der Waals surface area contributed by atoms with Gasteiger partial charge in [-0.15, -0.1) is 4.37 Å². The van der Waals surface area contributed by atoms with E-state index in [0.717, 1.165) is 11.7 Å². The molecule has 2 heterocycles. The van der Waals surface area contributed by atoms with Crippen LogP contribution in [-0.4, -0.2) is 108 Å². The molecule has 1 unspecified atom stereocenters. The van der Waals surface area contributed by atoms with Crippen LogP contribution >= 0.6 is 11.7 Å². The number of ether oxygens (including phenoxy) is 3. The Morgan fingerprint density at radius 1 is 0.936 bits per heavy atom. The quantitative estimate of drug-likeness (QED) is 0.135. The molecule has 1 atom stereocenters. The molecule has 0 bridgehead atoms. The lowest BCUT2D eigenvalue weighted by atomic mass is 10.0. The lowest BCUT2D eigenvalue weighted by Gasteiger charge is -2.38. The highest BCUT2D eigenvalue weighted by Crippen LogP contribution is 2.27. The Balaban J connectivity index is 1.58. The third-order valence-electron chi connectivity index (χ3n) is 6.90. The van der Waals surface area contributed by atoms with E-state index in [-0.39, 0.29) is 43.7 Å². The lowest BCUT2D eigenvalue weighted by Crippen LogP contribution is -2.51. The van der Waals surface area contributed by atoms with Crippen molar-refractivity contribution in [1.29, 1.82) is 0 Å². The Morgan fingerprint density at radius 3 is 2.13 bits per heavy atom. The number of hydrogen-bond acceptors (Lipinski definition) is 17. The second-order valence-corrected chi connectivity index (χ2v) is 11.9. The first-order valence-electron chi connectivity index (χ1n) is 14.5. The predicted octanol–water partition coefficient (Wildman–Crippen LogP) is 2.94. The number of carbonyl (C=O) groups excluding carboxylic acids is 2. The van der Waals surface area contributed by atoms with E-state index in [1.165, 1.54) is 12.1 Å². The molecule has 256 valence electrons. The first-order chi connectivity index (χ1) is 22.4. The highest BCUT2D eigenvalue weighted by Gasteiger charge is 2.32. The number of esters is 1. The molecule has 1 aromatic heterocycles. The number of anilines is 1. The zero-order valence-electron chi connectivity index (χ0n) is 26.1. The molecule has 1 aliphatic rings. The van der Waals surface area contributed by atoms with Crippen LogP contribution in [0, 0.1) is 0 Å². The van der Waals surface area contributed by atoms with E-state index in [0.29, 0.717) is 48.8 Å². The zero-order valence-corrected chi connectivity index (χ0v) is 26.9. The molecule has 17 nitrogen and oxygen atoms in total. The SMILES string of the molecule is CC(C)(C)N(CC(COc1nsnc1N1CCOCC1)OC(=O)c1cccc(CON(O)O)c1)C(=O)c1cccc(CON(O)O)c1. The van der Waals surface area contributed by atoms with Crippen molar-refractivity contribution in [2.45, 2.75) is 45.6 Å². The summed E-state index contributed by atoms with van der Waals surface area (Å²) in [5.41, 5.74) is 0.670. The third-order valence-corrected chi connectivity index (χ3v) is 7.41. The maximum Gasteiger partial charge on any atom is 0.338 e. The number of rotatable bonds is 15. The molecule has 1 aliphatic heterocycles. The van der Waals surface area contributed by atoms with Gasteiger partial charge in [0.1, 0.15) is 6.61 Å². The fourth-order valence-corrected chi connectivity index (χ4v) is 5.14. The van der Waals surface area contributed by atoms with Crippen LogP contribution in [0.1, 0.15) is 52.6 Å². The molecule has 3 aromatic rings. The van der Waals surface area contributed by atoms with Gasteiger partial charge < -0.3 is 24.0 Å². The minimum Gasteiger partial charge on any atom is -0.470 e. The van der Waals surface area contributed by atoms with Crippen molar-refractivity contribution in [3.05, 3.63) is 70.8 Å². The monoisotopic (exact) mass is 678 g/mol. The van der Waals surface area contributed by atoms with Crippen LogP contribution in [0.15, 0.2) is 48.5 Å². The highest BCUT2D eigenvalue weighted by molar-refractivity contribution is 6.99. The molecule has 4 rings (SSSR count). The summed E-state index contributed by atoms with van der Waals surface area (Å²) in [5.74, 6) is -0.290. The van der Waals surface area contributed by atoms with Gasteiger partial charge in [-0.2, -0.15) is 4.37 Å². The van der Waals surface area contributed by atoms with Crippen LogP contribution in [0.3, 0.4) is 0 Å². The Bertz CT molecular complexity index is 1460. The standard InChI is InChI=1S/C29H38N6O11S/c1-29(2,3)33(27(36)22-8-4-6-20(14-22)17-44-34(38)39)16-24(19-43-26-25(30-47-31-26)32-10-12-42-13-11-32)46-28(37)23-9-5-7-21(15-23)18-45-35(40)41/h4-9,14-15,24,38-41H,10-13,16-19H2,1-3H3. The largest absolute Gasteiger partial charge is 0.470 e. The van der Waals surface area contributed by atoms with E-state index in [1.807, 2.05) is 25.7 Å². The van der Waals surface area contributed by atoms with Crippen molar-refractivity contribution in [2.75, 3.05) is 44.4 Å². The van der Waals surface area contributed by atoms with Gasteiger partial charge in [0, 0.05) is 24.2 Å². The number of amides is 1. The maximum atomic E-state index is 13.9. The van der Waals surface area contributed by atoms with Gasteiger partial charge in [0.05, 0.1) is 61.0 Å². The predicted molar refractivity (Wildman–Crippen MR) is 162 cm³/mol. The van der Waals surface area contributed by atoms with E-state index in [1.54, 1.807) is 41.3 Å². The van der Waals surface area contributed by atoms with E-state index < -0.39 is 28.4 Å². The average Bonchev–Trinajstić information content (AvgIpc) is 3.52. The number of hydrogen-bond donors (Lipinski definition) is 4. The normalized spacial score (nSPS) is 14.4. The number of aromatic nitrogens is 2. The highest BCUT2D eigenvalue weighted by atomic mass is 32.1. The van der Waals surface area contributed by atoms with Crippen LogP contribution in [0.4, 0.5) is 5.82 Å². The molecule has 18 heteroatoms. The van der Waals surface area contributed by atoms with Gasteiger partial charge >= 0.3 is 5.97 Å². The van der Waals surface area contributed by atoms with Crippen molar-refractivity contribution >= 4 is 29.4 Å². The summed E-state index contributed by atoms with van der Waals surface area (Å²) in [6.07, 6.45) is -0.987. The Kier molecular flexibility index (Phi) is 12.9. The Hall–Kier alpha value is -3.82. The zero-order chi connectivity index (χ0) is 34.0. The number of nitrogens with zero attached hydrogens (tertiary/aromatic N) is 6. The van der Waals surface area contributed by atoms with Crippen LogP contribution in [0.2, 0.25) is 0 Å². The molecule has 2 aromatic carbocycles. The fraction of sp³-hybridized carbons (Fsp3) is 0.448. The first kappa shape index (κ1) is 36.0. The topological polar surface area (TPSA) is 200 Å². The molecule has 1 fully saturated rings. The summed E-state index contributed by atoms with van der Waals surface area (Å²) < 4.78 is 26.1. The Labute approximate surface area is 274 Å². The Morgan fingerprint density at radius 2 is 1.53 bits per heavy atom. The molecule has 0 radical (unpaired) electrons. The number of benzene rings is 2. The second kappa shape index (κ2) is 16.8. The van der Waals surface area contributed by atoms with Crippen LogP contribution < -0.4 is 9.64 Å². The fourth-order valence-electron chi connectivity index (χ4n) is 4.62. The molecule has 0 aliphatic carbocycles. The summed E-state index contributed by atoms with van der Waals surface area (Å²) in [6, 6.07) is 12.7. The van der Waals surface area contributed by atoms with Crippen LogP contribution in [0.25, 0.3) is 0 Å². The summed E-state index contributed by atoms with van der Waals surface area (Å²) in [6.45, 7) is 7.11. The molecule has 0 spiro atoms. The molecular formula is C29H38N6O11S. The van der Waals surface area contributed by atoms with Gasteiger partial charge in [-0.05, 0) is 56.2 Å².